The highest BCUT2D eigenvalue weighted by Gasteiger charge is 2.33. The number of hydrogen-bond donors (Lipinski definition) is 1. The molecule has 36 heavy (non-hydrogen) atoms. The highest BCUT2D eigenvalue weighted by Crippen LogP contribution is 2.28. The lowest BCUT2D eigenvalue weighted by Crippen LogP contribution is -2.50. The summed E-state index contributed by atoms with van der Waals surface area (Å²) in [4.78, 5) is 27.8. The Balaban J connectivity index is 2.06. The number of rotatable bonds is 10. The van der Waals surface area contributed by atoms with Crippen LogP contribution >= 0.6 is 0 Å². The van der Waals surface area contributed by atoms with Crippen molar-refractivity contribution in [3.05, 3.63) is 95.6 Å². The van der Waals surface area contributed by atoms with Crippen molar-refractivity contribution in [3.8, 4) is 0 Å². The summed E-state index contributed by atoms with van der Waals surface area (Å²) in [6.45, 7) is 5.18. The number of para-hydroxylation sites is 1. The number of likely N-dealkylation sites (N-methyl/N-ethyl adjacent to an activating group) is 1. The number of aryl methyl sites for hydroxylation is 2. The monoisotopic (exact) mass is 507 g/mol. The second-order valence-corrected chi connectivity index (χ2v) is 10.5. The third-order valence-corrected chi connectivity index (χ3v) is 7.91. The fraction of sp³-hybridized carbons (Fsp3) is 0.286. The van der Waals surface area contributed by atoms with Crippen molar-refractivity contribution < 1.29 is 18.0 Å². The number of carbonyl (C=O) groups excluding carboxylic acids is 2. The Hall–Kier alpha value is -3.65. The molecule has 0 saturated heterocycles. The van der Waals surface area contributed by atoms with E-state index in [1.807, 2.05) is 56.3 Å². The van der Waals surface area contributed by atoms with Crippen LogP contribution in [0.15, 0.2) is 83.8 Å². The topological polar surface area (TPSA) is 86.8 Å². The van der Waals surface area contributed by atoms with E-state index in [4.69, 9.17) is 0 Å². The lowest BCUT2D eigenvalue weighted by atomic mass is 10.1. The van der Waals surface area contributed by atoms with E-state index in [0.29, 0.717) is 12.1 Å². The molecule has 1 atom stereocenters. The Kier molecular flexibility index (Phi) is 8.88. The molecule has 3 aromatic rings. The van der Waals surface area contributed by atoms with Gasteiger partial charge in [0, 0.05) is 13.6 Å². The number of sulfonamides is 1. The molecular formula is C28H33N3O4S. The average Bonchev–Trinajstić information content (AvgIpc) is 2.90. The molecule has 2 amide bonds. The molecule has 0 aromatic heterocycles. The maximum atomic E-state index is 13.9. The van der Waals surface area contributed by atoms with Crippen LogP contribution in [0.5, 0.6) is 0 Å². The van der Waals surface area contributed by atoms with E-state index < -0.39 is 28.5 Å². The third-order valence-electron chi connectivity index (χ3n) is 6.14. The van der Waals surface area contributed by atoms with Crippen LogP contribution in [0.1, 0.15) is 30.5 Å². The number of nitrogens with zero attached hydrogens (tertiary/aromatic N) is 2. The first-order valence-corrected chi connectivity index (χ1v) is 13.3. The van der Waals surface area contributed by atoms with Gasteiger partial charge in [0.1, 0.15) is 12.6 Å². The van der Waals surface area contributed by atoms with Gasteiger partial charge in [0.15, 0.2) is 0 Å². The molecule has 1 N–H and O–H groups in total. The van der Waals surface area contributed by atoms with Crippen LogP contribution in [-0.4, -0.2) is 44.8 Å². The maximum absolute atomic E-state index is 13.9. The van der Waals surface area contributed by atoms with Gasteiger partial charge in [-0.3, -0.25) is 13.9 Å². The molecule has 3 aromatic carbocycles. The molecule has 0 bridgehead atoms. The zero-order valence-electron chi connectivity index (χ0n) is 21.1. The summed E-state index contributed by atoms with van der Waals surface area (Å²) in [7, 11) is -2.56. The predicted octanol–water partition coefficient (Wildman–Crippen LogP) is 3.92. The lowest BCUT2D eigenvalue weighted by Gasteiger charge is -2.32. The van der Waals surface area contributed by atoms with Crippen LogP contribution in [0.3, 0.4) is 0 Å². The molecule has 190 valence electrons. The molecular weight excluding hydrogens is 474 g/mol. The van der Waals surface area contributed by atoms with Gasteiger partial charge in [-0.05, 0) is 49.6 Å². The van der Waals surface area contributed by atoms with E-state index in [9.17, 15) is 18.0 Å². The van der Waals surface area contributed by atoms with E-state index in [1.165, 1.54) is 11.9 Å². The minimum absolute atomic E-state index is 0.0979. The standard InChI is InChI=1S/C28H33N3O4S/c1-5-24-13-9-10-14-26(24)31(36(34,35)25-17-15-21(2)16-18-25)20-27(32)30(22(3)28(33)29-4)19-23-11-7-6-8-12-23/h6-18,22H,5,19-20H2,1-4H3,(H,29,33)/t22-/m1/s1. The van der Waals surface area contributed by atoms with E-state index in [2.05, 4.69) is 5.32 Å². The van der Waals surface area contributed by atoms with Crippen molar-refractivity contribution in [3.63, 3.8) is 0 Å². The highest BCUT2D eigenvalue weighted by atomic mass is 32.2. The van der Waals surface area contributed by atoms with E-state index >= 15 is 0 Å². The van der Waals surface area contributed by atoms with Gasteiger partial charge in [-0.25, -0.2) is 8.42 Å². The Morgan fingerprint density at radius 3 is 2.14 bits per heavy atom. The average molecular weight is 508 g/mol. The summed E-state index contributed by atoms with van der Waals surface area (Å²) in [5.41, 5.74) is 3.01. The first-order chi connectivity index (χ1) is 17.2. The smallest absolute Gasteiger partial charge is 0.264 e. The van der Waals surface area contributed by atoms with Crippen molar-refractivity contribution >= 4 is 27.5 Å². The number of nitrogens with one attached hydrogen (secondary N) is 1. The van der Waals surface area contributed by atoms with Crippen molar-refractivity contribution in [2.45, 2.75) is 44.7 Å². The number of hydrogen-bond acceptors (Lipinski definition) is 4. The van der Waals surface area contributed by atoms with Crippen LogP contribution in [0.2, 0.25) is 0 Å². The Morgan fingerprint density at radius 2 is 1.53 bits per heavy atom. The van der Waals surface area contributed by atoms with Crippen LogP contribution < -0.4 is 9.62 Å². The zero-order chi connectivity index (χ0) is 26.3. The van der Waals surface area contributed by atoms with E-state index in [1.54, 1.807) is 43.3 Å². The summed E-state index contributed by atoms with van der Waals surface area (Å²) in [6, 6.07) is 22.2. The lowest BCUT2D eigenvalue weighted by molar-refractivity contribution is -0.139. The van der Waals surface area contributed by atoms with Gasteiger partial charge < -0.3 is 10.2 Å². The first-order valence-electron chi connectivity index (χ1n) is 11.9. The van der Waals surface area contributed by atoms with Crippen LogP contribution in [0, 0.1) is 6.92 Å². The van der Waals surface area contributed by atoms with Gasteiger partial charge in [-0.1, -0.05) is 73.2 Å². The Morgan fingerprint density at radius 1 is 0.917 bits per heavy atom. The first kappa shape index (κ1) is 26.9. The van der Waals surface area contributed by atoms with Gasteiger partial charge in [0.05, 0.1) is 10.6 Å². The molecule has 8 heteroatoms. The summed E-state index contributed by atoms with van der Waals surface area (Å²) >= 11 is 0. The molecule has 0 aliphatic rings. The second kappa shape index (κ2) is 11.9. The van der Waals surface area contributed by atoms with Crippen LogP contribution in [0.4, 0.5) is 5.69 Å². The van der Waals surface area contributed by atoms with Crippen LogP contribution in [-0.2, 0) is 32.6 Å². The van der Waals surface area contributed by atoms with Gasteiger partial charge in [0.2, 0.25) is 11.8 Å². The van der Waals surface area contributed by atoms with E-state index in [-0.39, 0.29) is 17.3 Å². The molecule has 0 saturated carbocycles. The van der Waals surface area contributed by atoms with Gasteiger partial charge in [-0.2, -0.15) is 0 Å². The summed E-state index contributed by atoms with van der Waals surface area (Å²) in [6.07, 6.45) is 0.590. The molecule has 0 spiro atoms. The molecule has 0 radical (unpaired) electrons. The number of amides is 2. The fourth-order valence-corrected chi connectivity index (χ4v) is 5.43. The van der Waals surface area contributed by atoms with Gasteiger partial charge in [0.25, 0.3) is 10.0 Å². The second-order valence-electron chi connectivity index (χ2n) is 8.60. The largest absolute Gasteiger partial charge is 0.357 e. The van der Waals surface area contributed by atoms with E-state index in [0.717, 1.165) is 21.0 Å². The molecule has 0 aliphatic carbocycles. The minimum atomic E-state index is -4.07. The maximum Gasteiger partial charge on any atom is 0.264 e. The van der Waals surface area contributed by atoms with Gasteiger partial charge in [-0.15, -0.1) is 0 Å². The number of benzene rings is 3. The van der Waals surface area contributed by atoms with Crippen molar-refractivity contribution in [1.82, 2.24) is 10.2 Å². The minimum Gasteiger partial charge on any atom is -0.357 e. The molecule has 0 unspecified atom stereocenters. The highest BCUT2D eigenvalue weighted by molar-refractivity contribution is 7.92. The molecule has 0 heterocycles. The molecule has 0 aliphatic heterocycles. The summed E-state index contributed by atoms with van der Waals surface area (Å²) < 4.78 is 28.9. The number of carbonyl (C=O) groups is 2. The summed E-state index contributed by atoms with van der Waals surface area (Å²) in [5.74, 6) is -0.808. The zero-order valence-corrected chi connectivity index (χ0v) is 22.0. The van der Waals surface area contributed by atoms with Gasteiger partial charge >= 0.3 is 0 Å². The SMILES string of the molecule is CCc1ccccc1N(CC(=O)N(Cc1ccccc1)[C@H](C)C(=O)NC)S(=O)(=O)c1ccc(C)cc1. The molecule has 0 fully saturated rings. The molecule has 3 rings (SSSR count). The predicted molar refractivity (Wildman–Crippen MR) is 142 cm³/mol. The van der Waals surface area contributed by atoms with Crippen LogP contribution in [0.25, 0.3) is 0 Å². The fourth-order valence-electron chi connectivity index (χ4n) is 3.98. The Bertz CT molecular complexity index is 1290. The Labute approximate surface area is 213 Å². The van der Waals surface area contributed by atoms with Crippen molar-refractivity contribution in [2.75, 3.05) is 17.9 Å². The summed E-state index contributed by atoms with van der Waals surface area (Å²) in [5, 5.41) is 2.59. The third kappa shape index (κ3) is 6.12. The number of anilines is 1. The molecule has 7 nitrogen and oxygen atoms in total. The normalized spacial score (nSPS) is 12.0. The van der Waals surface area contributed by atoms with Crippen molar-refractivity contribution in [2.24, 2.45) is 0 Å². The van der Waals surface area contributed by atoms with Crippen molar-refractivity contribution in [1.29, 1.82) is 0 Å². The quantitative estimate of drug-likeness (QED) is 0.451.